The zero-order valence-electron chi connectivity index (χ0n) is 16.8. The molecule has 0 heterocycles. The van der Waals surface area contributed by atoms with E-state index in [9.17, 15) is 18.7 Å². The molecule has 2 aromatic carbocycles. The van der Waals surface area contributed by atoms with Crippen LogP contribution in [0.1, 0.15) is 44.7 Å². The van der Waals surface area contributed by atoms with Crippen LogP contribution in [0.15, 0.2) is 36.4 Å². The Morgan fingerprint density at radius 1 is 0.625 bits per heavy atom. The van der Waals surface area contributed by atoms with Crippen molar-refractivity contribution in [3.63, 3.8) is 0 Å². The Kier molecular flexibility index (Phi) is 7.35. The van der Waals surface area contributed by atoms with E-state index in [0.717, 1.165) is 0 Å². The van der Waals surface area contributed by atoms with Crippen molar-refractivity contribution in [2.24, 2.45) is 0 Å². The third kappa shape index (κ3) is 6.36. The number of rotatable bonds is 10. The molecule has 0 fully saturated rings. The Balaban J connectivity index is 1.70. The van der Waals surface area contributed by atoms with E-state index in [4.69, 9.17) is 29.0 Å². The van der Waals surface area contributed by atoms with Gasteiger partial charge in [-0.25, -0.2) is 0 Å². The Hall–Kier alpha value is -2.32. The monoisotopic (exact) mass is 484 g/mol. The van der Waals surface area contributed by atoms with E-state index in [1.165, 1.54) is 36.4 Å². The van der Waals surface area contributed by atoms with Gasteiger partial charge in [-0.15, -0.1) is 0 Å². The van der Waals surface area contributed by atoms with Crippen LogP contribution < -0.4 is 9.47 Å². The first kappa shape index (κ1) is 24.3. The molecule has 2 aromatic rings. The molecule has 0 spiro atoms. The number of carbonyl (C=O) groups is 2. The topological polar surface area (TPSA) is 168 Å². The maximum absolute atomic E-state index is 12.9. The molecule has 12 heteroatoms. The highest BCUT2D eigenvalue weighted by atomic mass is 31.2. The first-order valence-electron chi connectivity index (χ1n) is 9.67. The van der Waals surface area contributed by atoms with Crippen LogP contribution in [0.25, 0.3) is 0 Å². The minimum absolute atomic E-state index is 0.0470. The van der Waals surface area contributed by atoms with Gasteiger partial charge in [-0.05, 0) is 49.2 Å². The summed E-state index contributed by atoms with van der Waals surface area (Å²) >= 11 is 0. The predicted molar refractivity (Wildman–Crippen MR) is 114 cm³/mol. The van der Waals surface area contributed by atoms with Crippen LogP contribution in [0, 0.1) is 0 Å². The average Bonchev–Trinajstić information content (AvgIpc) is 2.71. The van der Waals surface area contributed by atoms with Crippen LogP contribution in [0.2, 0.25) is 0 Å². The van der Waals surface area contributed by atoms with Gasteiger partial charge in [0.05, 0.1) is 25.5 Å². The zero-order chi connectivity index (χ0) is 23.5. The van der Waals surface area contributed by atoms with Gasteiger partial charge in [0.2, 0.25) is 0 Å². The summed E-state index contributed by atoms with van der Waals surface area (Å²) in [7, 11) is -8.21. The fourth-order valence-electron chi connectivity index (χ4n) is 3.21. The van der Waals surface area contributed by atoms with Gasteiger partial charge in [-0.3, -0.25) is 18.7 Å². The molecule has 0 radical (unpaired) electrons. The molecule has 1 aliphatic carbocycles. The summed E-state index contributed by atoms with van der Waals surface area (Å²) in [6, 6.07) is 8.81. The van der Waals surface area contributed by atoms with Gasteiger partial charge in [0.1, 0.15) is 11.5 Å². The number of fused-ring (bicyclic) bond motifs is 2. The number of ether oxygens (including phenoxy) is 2. The van der Waals surface area contributed by atoms with E-state index in [1.54, 1.807) is 0 Å². The highest BCUT2D eigenvalue weighted by molar-refractivity contribution is 7.52. The second-order valence-electron chi connectivity index (χ2n) is 7.25. The summed E-state index contributed by atoms with van der Waals surface area (Å²) in [6.45, 7) is 0.0939. The third-order valence-corrected chi connectivity index (χ3v) is 6.48. The molecule has 0 bridgehead atoms. The van der Waals surface area contributed by atoms with Crippen molar-refractivity contribution < 1.29 is 47.8 Å². The standard InChI is InChI=1S/C20H22O10P2/c21-19-16-6-4-14(30-8-2-10-32(26,27)28)12-18(16)20(22)15-5-3-13(11-17(15)19)29-7-1-9-31(23,24)25/h3-6,11-12H,1-2,7-10H2,(H2,23,24,25)(H2,26,27,28). The number of hydrogen-bond donors (Lipinski definition) is 4. The molecule has 0 aliphatic heterocycles. The van der Waals surface area contributed by atoms with Gasteiger partial charge >= 0.3 is 15.2 Å². The molecule has 0 atom stereocenters. The van der Waals surface area contributed by atoms with Gasteiger partial charge in [-0.1, -0.05) is 0 Å². The van der Waals surface area contributed by atoms with Crippen molar-refractivity contribution in [1.82, 2.24) is 0 Å². The highest BCUT2D eigenvalue weighted by Gasteiger charge is 2.30. The van der Waals surface area contributed by atoms with E-state index < -0.39 is 15.2 Å². The molecule has 10 nitrogen and oxygen atoms in total. The fraction of sp³-hybridized carbons (Fsp3) is 0.300. The first-order chi connectivity index (χ1) is 14.9. The molecule has 4 N–H and O–H groups in total. The minimum Gasteiger partial charge on any atom is -0.494 e. The Labute approximate surface area is 183 Å². The Bertz CT molecular complexity index is 1040. The summed E-state index contributed by atoms with van der Waals surface area (Å²) in [6.07, 6.45) is -0.360. The quantitative estimate of drug-likeness (QED) is 0.248. The van der Waals surface area contributed by atoms with Crippen LogP contribution in [0.3, 0.4) is 0 Å². The van der Waals surface area contributed by atoms with E-state index in [0.29, 0.717) is 11.5 Å². The lowest BCUT2D eigenvalue weighted by Crippen LogP contribution is -2.21. The van der Waals surface area contributed by atoms with Crippen molar-refractivity contribution in [3.05, 3.63) is 58.7 Å². The van der Waals surface area contributed by atoms with Crippen molar-refractivity contribution >= 4 is 26.8 Å². The number of ketones is 2. The van der Waals surface area contributed by atoms with E-state index in [2.05, 4.69) is 0 Å². The van der Waals surface area contributed by atoms with Gasteiger partial charge in [-0.2, -0.15) is 0 Å². The van der Waals surface area contributed by atoms with Crippen molar-refractivity contribution in [3.8, 4) is 11.5 Å². The molecular formula is C20H22O10P2. The molecule has 0 saturated heterocycles. The van der Waals surface area contributed by atoms with Crippen molar-refractivity contribution in [2.45, 2.75) is 12.8 Å². The predicted octanol–water partition coefficient (Wildman–Crippen LogP) is 2.36. The summed E-state index contributed by atoms with van der Waals surface area (Å²) in [5.74, 6) is -0.125. The smallest absolute Gasteiger partial charge is 0.325 e. The largest absolute Gasteiger partial charge is 0.494 e. The second-order valence-corrected chi connectivity index (χ2v) is 10.8. The molecular weight excluding hydrogens is 462 g/mol. The summed E-state index contributed by atoms with van der Waals surface area (Å²) in [4.78, 5) is 61.3. The minimum atomic E-state index is -4.11. The van der Waals surface area contributed by atoms with E-state index in [-0.39, 0.29) is 72.2 Å². The first-order valence-corrected chi connectivity index (χ1v) is 13.3. The van der Waals surface area contributed by atoms with Crippen LogP contribution in [-0.2, 0) is 9.13 Å². The lowest BCUT2D eigenvalue weighted by molar-refractivity contribution is 0.0978. The average molecular weight is 484 g/mol. The molecule has 0 saturated carbocycles. The van der Waals surface area contributed by atoms with Gasteiger partial charge in [0, 0.05) is 22.3 Å². The van der Waals surface area contributed by atoms with Crippen LogP contribution in [0.4, 0.5) is 0 Å². The number of carbonyl (C=O) groups excluding carboxylic acids is 2. The van der Waals surface area contributed by atoms with Crippen LogP contribution in [-0.4, -0.2) is 56.7 Å². The van der Waals surface area contributed by atoms with E-state index in [1.807, 2.05) is 0 Å². The van der Waals surface area contributed by atoms with Gasteiger partial charge in [0.15, 0.2) is 11.6 Å². The molecule has 1 aliphatic rings. The fourth-order valence-corrected chi connectivity index (χ4v) is 4.29. The maximum Gasteiger partial charge on any atom is 0.325 e. The maximum atomic E-state index is 12.9. The molecule has 172 valence electrons. The number of benzene rings is 2. The summed E-state index contributed by atoms with van der Waals surface area (Å²) in [5, 5.41) is 0. The van der Waals surface area contributed by atoms with Crippen molar-refractivity contribution in [1.29, 1.82) is 0 Å². The highest BCUT2D eigenvalue weighted by Crippen LogP contribution is 2.36. The van der Waals surface area contributed by atoms with Gasteiger partial charge in [0.25, 0.3) is 0 Å². The Morgan fingerprint density at radius 2 is 1.00 bits per heavy atom. The molecule has 0 amide bonds. The second kappa shape index (κ2) is 9.67. The van der Waals surface area contributed by atoms with E-state index >= 15 is 0 Å². The molecule has 0 unspecified atom stereocenters. The van der Waals surface area contributed by atoms with Crippen LogP contribution >= 0.6 is 15.2 Å². The SMILES string of the molecule is O=C1c2ccc(OCCCP(=O)(O)O)cc2C(=O)c2ccc(OCCCP(=O)(O)O)cc21. The van der Waals surface area contributed by atoms with Crippen molar-refractivity contribution in [2.75, 3.05) is 25.5 Å². The molecule has 32 heavy (non-hydrogen) atoms. The lowest BCUT2D eigenvalue weighted by atomic mass is 9.84. The third-order valence-electron chi connectivity index (χ3n) is 4.69. The normalized spacial score (nSPS) is 13.5. The lowest BCUT2D eigenvalue weighted by Gasteiger charge is -2.19. The molecule has 0 aromatic heterocycles. The van der Waals surface area contributed by atoms with Crippen LogP contribution in [0.5, 0.6) is 11.5 Å². The Morgan fingerprint density at radius 3 is 1.34 bits per heavy atom. The summed E-state index contributed by atoms with van der Waals surface area (Å²) < 4.78 is 32.7. The number of hydrogen-bond acceptors (Lipinski definition) is 6. The summed E-state index contributed by atoms with van der Waals surface area (Å²) in [5.41, 5.74) is 0.739. The zero-order valence-corrected chi connectivity index (χ0v) is 18.6. The molecule has 3 rings (SSSR count). The van der Waals surface area contributed by atoms with Gasteiger partial charge < -0.3 is 29.0 Å².